The highest BCUT2D eigenvalue weighted by Gasteiger charge is 2.36. The summed E-state index contributed by atoms with van der Waals surface area (Å²) in [4.78, 5) is 19.4. The predicted octanol–water partition coefficient (Wildman–Crippen LogP) is 4.20. The molecule has 4 heteroatoms. The standard InChI is InChI=1S/C16H24N2OS/c1-12-14(13(2)19)20-15(17-12)18-10-8-16(9-11-18)6-4-3-5-7-16/h3-11H2,1-2H3. The molecule has 1 spiro atoms. The van der Waals surface area contributed by atoms with Gasteiger partial charge in [0.2, 0.25) is 0 Å². The van der Waals surface area contributed by atoms with Gasteiger partial charge in [0, 0.05) is 20.0 Å². The third-order valence-electron chi connectivity index (χ3n) is 5.11. The Morgan fingerprint density at radius 3 is 2.35 bits per heavy atom. The van der Waals surface area contributed by atoms with E-state index >= 15 is 0 Å². The van der Waals surface area contributed by atoms with E-state index in [0.29, 0.717) is 5.41 Å². The van der Waals surface area contributed by atoms with Gasteiger partial charge < -0.3 is 4.90 Å². The van der Waals surface area contributed by atoms with Crippen LogP contribution in [-0.2, 0) is 0 Å². The fraction of sp³-hybridized carbons (Fsp3) is 0.750. The van der Waals surface area contributed by atoms with Crippen LogP contribution >= 0.6 is 11.3 Å². The average Bonchev–Trinajstić information content (AvgIpc) is 2.83. The summed E-state index contributed by atoms with van der Waals surface area (Å²) >= 11 is 1.57. The molecule has 0 radical (unpaired) electrons. The average molecular weight is 292 g/mol. The van der Waals surface area contributed by atoms with E-state index in [9.17, 15) is 4.79 Å². The Hall–Kier alpha value is -0.900. The smallest absolute Gasteiger partial charge is 0.186 e. The molecule has 110 valence electrons. The molecular weight excluding hydrogens is 268 g/mol. The molecule has 1 saturated carbocycles. The molecule has 1 saturated heterocycles. The van der Waals surface area contributed by atoms with E-state index < -0.39 is 0 Å². The number of aryl methyl sites for hydroxylation is 1. The molecule has 1 aliphatic heterocycles. The largest absolute Gasteiger partial charge is 0.348 e. The van der Waals surface area contributed by atoms with Crippen LogP contribution in [0.1, 0.15) is 67.2 Å². The molecular formula is C16H24N2OS. The summed E-state index contributed by atoms with van der Waals surface area (Å²) in [5.41, 5.74) is 1.53. The first kappa shape index (κ1) is 14.1. The van der Waals surface area contributed by atoms with Crippen LogP contribution in [-0.4, -0.2) is 23.9 Å². The molecule has 3 rings (SSSR count). The van der Waals surface area contributed by atoms with E-state index in [4.69, 9.17) is 0 Å². The number of carbonyl (C=O) groups excluding carboxylic acids is 1. The minimum Gasteiger partial charge on any atom is -0.348 e. The van der Waals surface area contributed by atoms with Crippen molar-refractivity contribution >= 4 is 22.3 Å². The second kappa shape index (κ2) is 5.47. The van der Waals surface area contributed by atoms with Crippen LogP contribution in [0.5, 0.6) is 0 Å². The first-order valence-electron chi connectivity index (χ1n) is 7.83. The SMILES string of the molecule is CC(=O)c1sc(N2CCC3(CCCCC3)CC2)nc1C. The molecule has 1 aliphatic carbocycles. The lowest BCUT2D eigenvalue weighted by atomic mass is 9.68. The van der Waals surface area contributed by atoms with E-state index in [1.54, 1.807) is 18.3 Å². The number of rotatable bonds is 2. The lowest BCUT2D eigenvalue weighted by Crippen LogP contribution is -2.41. The van der Waals surface area contributed by atoms with Crippen molar-refractivity contribution in [2.24, 2.45) is 5.41 Å². The Kier molecular flexibility index (Phi) is 3.85. The lowest BCUT2D eigenvalue weighted by Gasteiger charge is -2.44. The van der Waals surface area contributed by atoms with Crippen LogP contribution in [0.25, 0.3) is 0 Å². The zero-order chi connectivity index (χ0) is 14.2. The highest BCUT2D eigenvalue weighted by molar-refractivity contribution is 7.17. The minimum absolute atomic E-state index is 0.145. The third kappa shape index (κ3) is 2.62. The molecule has 0 N–H and O–H groups in total. The Morgan fingerprint density at radius 1 is 1.15 bits per heavy atom. The Labute approximate surface area is 125 Å². The normalized spacial score (nSPS) is 22.2. The van der Waals surface area contributed by atoms with E-state index in [0.717, 1.165) is 28.8 Å². The van der Waals surface area contributed by atoms with Crippen LogP contribution in [0.15, 0.2) is 0 Å². The molecule has 0 aromatic carbocycles. The zero-order valence-corrected chi connectivity index (χ0v) is 13.4. The molecule has 0 amide bonds. The number of anilines is 1. The Morgan fingerprint density at radius 2 is 1.80 bits per heavy atom. The number of ketones is 1. The molecule has 0 bridgehead atoms. The highest BCUT2D eigenvalue weighted by atomic mass is 32.1. The first-order valence-corrected chi connectivity index (χ1v) is 8.65. The van der Waals surface area contributed by atoms with E-state index in [1.165, 1.54) is 44.9 Å². The van der Waals surface area contributed by atoms with Crippen molar-refractivity contribution in [3.63, 3.8) is 0 Å². The van der Waals surface area contributed by atoms with Crippen molar-refractivity contribution in [1.82, 2.24) is 4.98 Å². The van der Waals surface area contributed by atoms with Crippen LogP contribution < -0.4 is 4.90 Å². The molecule has 1 aromatic heterocycles. The summed E-state index contributed by atoms with van der Waals surface area (Å²) in [6, 6.07) is 0. The fourth-order valence-electron chi connectivity index (χ4n) is 3.82. The second-order valence-electron chi connectivity index (χ2n) is 6.51. The van der Waals surface area contributed by atoms with Crippen molar-refractivity contribution in [2.45, 2.75) is 58.8 Å². The molecule has 2 aliphatic rings. The number of piperidine rings is 1. The number of nitrogens with zero attached hydrogens (tertiary/aromatic N) is 2. The Balaban J connectivity index is 1.68. The van der Waals surface area contributed by atoms with Crippen LogP contribution in [0.2, 0.25) is 0 Å². The molecule has 20 heavy (non-hydrogen) atoms. The van der Waals surface area contributed by atoms with Crippen molar-refractivity contribution in [3.8, 4) is 0 Å². The van der Waals surface area contributed by atoms with Gasteiger partial charge in [-0.05, 0) is 38.0 Å². The summed E-state index contributed by atoms with van der Waals surface area (Å²) in [7, 11) is 0. The summed E-state index contributed by atoms with van der Waals surface area (Å²) in [6.07, 6.45) is 9.74. The van der Waals surface area contributed by atoms with Gasteiger partial charge in [0.1, 0.15) is 0 Å². The number of thiazole rings is 1. The van der Waals surface area contributed by atoms with Gasteiger partial charge in [-0.1, -0.05) is 30.6 Å². The van der Waals surface area contributed by atoms with Gasteiger partial charge in [0.25, 0.3) is 0 Å². The van der Waals surface area contributed by atoms with Gasteiger partial charge in [-0.3, -0.25) is 4.79 Å². The molecule has 3 nitrogen and oxygen atoms in total. The van der Waals surface area contributed by atoms with Gasteiger partial charge >= 0.3 is 0 Å². The lowest BCUT2D eigenvalue weighted by molar-refractivity contribution is 0.102. The molecule has 2 heterocycles. The molecule has 2 fully saturated rings. The summed E-state index contributed by atoms with van der Waals surface area (Å²) in [6.45, 7) is 5.81. The predicted molar refractivity (Wildman–Crippen MR) is 83.8 cm³/mol. The highest BCUT2D eigenvalue weighted by Crippen LogP contribution is 2.45. The van der Waals surface area contributed by atoms with Gasteiger partial charge in [-0.25, -0.2) is 4.98 Å². The number of aromatic nitrogens is 1. The van der Waals surface area contributed by atoms with Crippen molar-refractivity contribution in [3.05, 3.63) is 10.6 Å². The summed E-state index contributed by atoms with van der Waals surface area (Å²) in [5.74, 6) is 0.145. The van der Waals surface area contributed by atoms with Crippen LogP contribution in [0.4, 0.5) is 5.13 Å². The zero-order valence-electron chi connectivity index (χ0n) is 12.6. The van der Waals surface area contributed by atoms with Gasteiger partial charge in [-0.15, -0.1) is 0 Å². The monoisotopic (exact) mass is 292 g/mol. The second-order valence-corrected chi connectivity index (χ2v) is 7.49. The van der Waals surface area contributed by atoms with Gasteiger partial charge in [0.05, 0.1) is 10.6 Å². The van der Waals surface area contributed by atoms with Crippen molar-refractivity contribution < 1.29 is 4.79 Å². The number of Topliss-reactive ketones (excluding diaryl/α,β-unsaturated/α-hetero) is 1. The molecule has 0 atom stereocenters. The third-order valence-corrected chi connectivity index (χ3v) is 6.43. The van der Waals surface area contributed by atoms with E-state index in [1.807, 2.05) is 6.92 Å². The molecule has 1 aromatic rings. The Bertz CT molecular complexity index is 493. The van der Waals surface area contributed by atoms with Crippen LogP contribution in [0, 0.1) is 12.3 Å². The summed E-state index contributed by atoms with van der Waals surface area (Å²) < 4.78 is 0. The molecule has 0 unspecified atom stereocenters. The van der Waals surface area contributed by atoms with E-state index in [2.05, 4.69) is 9.88 Å². The quantitative estimate of drug-likeness (QED) is 0.766. The maximum absolute atomic E-state index is 11.6. The van der Waals surface area contributed by atoms with Crippen molar-refractivity contribution in [1.29, 1.82) is 0 Å². The summed E-state index contributed by atoms with van der Waals surface area (Å²) in [5, 5.41) is 1.05. The maximum Gasteiger partial charge on any atom is 0.186 e. The van der Waals surface area contributed by atoms with Crippen LogP contribution in [0.3, 0.4) is 0 Å². The maximum atomic E-state index is 11.6. The number of carbonyl (C=O) groups is 1. The fourth-order valence-corrected chi connectivity index (χ4v) is 4.83. The first-order chi connectivity index (χ1) is 9.60. The minimum atomic E-state index is 0.145. The van der Waals surface area contributed by atoms with Crippen molar-refractivity contribution in [2.75, 3.05) is 18.0 Å². The van der Waals surface area contributed by atoms with E-state index in [-0.39, 0.29) is 5.78 Å². The van der Waals surface area contributed by atoms with Gasteiger partial charge in [-0.2, -0.15) is 0 Å². The van der Waals surface area contributed by atoms with Gasteiger partial charge in [0.15, 0.2) is 10.9 Å². The number of hydrogen-bond acceptors (Lipinski definition) is 4. The number of hydrogen-bond donors (Lipinski definition) is 0. The topological polar surface area (TPSA) is 33.2 Å².